The SMILES string of the molecule is CC(C)(O)CN1CCN(c2nc(Cl)ncc2Cl)CC1. The van der Waals surface area contributed by atoms with Crippen LogP contribution >= 0.6 is 23.2 Å². The first kappa shape index (κ1) is 14.8. The van der Waals surface area contributed by atoms with Gasteiger partial charge in [0.25, 0.3) is 0 Å². The van der Waals surface area contributed by atoms with Crippen LogP contribution in [0.3, 0.4) is 0 Å². The molecular formula is C12H18Cl2N4O. The van der Waals surface area contributed by atoms with Gasteiger partial charge in [0.05, 0.1) is 11.8 Å². The molecule has 106 valence electrons. The Balaban J connectivity index is 1.98. The van der Waals surface area contributed by atoms with Gasteiger partial charge in [0, 0.05) is 32.7 Å². The second kappa shape index (κ2) is 5.79. The molecule has 1 saturated heterocycles. The predicted molar refractivity (Wildman–Crippen MR) is 77.0 cm³/mol. The van der Waals surface area contributed by atoms with Gasteiger partial charge in [-0.1, -0.05) is 11.6 Å². The molecule has 0 radical (unpaired) electrons. The minimum absolute atomic E-state index is 0.207. The van der Waals surface area contributed by atoms with E-state index in [9.17, 15) is 5.11 Å². The Morgan fingerprint density at radius 1 is 1.26 bits per heavy atom. The van der Waals surface area contributed by atoms with Crippen molar-refractivity contribution in [3.8, 4) is 0 Å². The van der Waals surface area contributed by atoms with Crippen molar-refractivity contribution in [2.75, 3.05) is 37.6 Å². The van der Waals surface area contributed by atoms with Crippen LogP contribution in [-0.4, -0.2) is 58.3 Å². The molecule has 2 heterocycles. The van der Waals surface area contributed by atoms with Crippen LogP contribution in [0.5, 0.6) is 0 Å². The van der Waals surface area contributed by atoms with E-state index < -0.39 is 5.60 Å². The van der Waals surface area contributed by atoms with Crippen LogP contribution in [0.25, 0.3) is 0 Å². The van der Waals surface area contributed by atoms with Gasteiger partial charge in [-0.25, -0.2) is 4.98 Å². The molecule has 0 amide bonds. The van der Waals surface area contributed by atoms with Crippen molar-refractivity contribution in [3.05, 3.63) is 16.5 Å². The normalized spacial score (nSPS) is 17.8. The molecule has 0 aliphatic carbocycles. The van der Waals surface area contributed by atoms with Crippen LogP contribution in [0.2, 0.25) is 10.3 Å². The van der Waals surface area contributed by atoms with Crippen molar-refractivity contribution in [1.82, 2.24) is 14.9 Å². The van der Waals surface area contributed by atoms with Crippen molar-refractivity contribution >= 4 is 29.0 Å². The van der Waals surface area contributed by atoms with E-state index in [0.29, 0.717) is 17.4 Å². The smallest absolute Gasteiger partial charge is 0.224 e. The van der Waals surface area contributed by atoms with Crippen molar-refractivity contribution in [2.24, 2.45) is 0 Å². The lowest BCUT2D eigenvalue weighted by molar-refractivity contribution is 0.0344. The van der Waals surface area contributed by atoms with E-state index in [0.717, 1.165) is 26.2 Å². The van der Waals surface area contributed by atoms with Gasteiger partial charge in [-0.05, 0) is 25.4 Å². The number of hydrogen-bond donors (Lipinski definition) is 1. The summed E-state index contributed by atoms with van der Waals surface area (Å²) < 4.78 is 0. The molecule has 0 atom stereocenters. The zero-order chi connectivity index (χ0) is 14.0. The van der Waals surface area contributed by atoms with E-state index in [1.54, 1.807) is 0 Å². The summed E-state index contributed by atoms with van der Waals surface area (Å²) in [6, 6.07) is 0. The van der Waals surface area contributed by atoms with Gasteiger partial charge in [0.2, 0.25) is 5.28 Å². The second-order valence-electron chi connectivity index (χ2n) is 5.39. The van der Waals surface area contributed by atoms with Crippen LogP contribution < -0.4 is 4.90 Å². The Labute approximate surface area is 123 Å². The molecule has 0 aromatic carbocycles. The van der Waals surface area contributed by atoms with Gasteiger partial charge in [0.1, 0.15) is 5.02 Å². The maximum Gasteiger partial charge on any atom is 0.224 e. The molecule has 2 rings (SSSR count). The molecule has 1 aliphatic heterocycles. The fourth-order valence-electron chi connectivity index (χ4n) is 2.22. The highest BCUT2D eigenvalue weighted by atomic mass is 35.5. The standard InChI is InChI=1S/C12H18Cl2N4O/c1-12(2,19)8-17-3-5-18(6-4-17)10-9(13)7-15-11(14)16-10/h7,19H,3-6,8H2,1-2H3. The average molecular weight is 305 g/mol. The fourth-order valence-corrected chi connectivity index (χ4v) is 2.56. The molecular weight excluding hydrogens is 287 g/mol. The van der Waals surface area contributed by atoms with Crippen molar-refractivity contribution < 1.29 is 5.11 Å². The van der Waals surface area contributed by atoms with E-state index >= 15 is 0 Å². The maximum atomic E-state index is 9.82. The third-order valence-corrected chi connectivity index (χ3v) is 3.43. The Bertz CT molecular complexity index is 442. The van der Waals surface area contributed by atoms with Gasteiger partial charge in [-0.15, -0.1) is 0 Å². The maximum absolute atomic E-state index is 9.82. The molecule has 0 bridgehead atoms. The summed E-state index contributed by atoms with van der Waals surface area (Å²) in [5, 5.41) is 10.5. The van der Waals surface area contributed by atoms with Crippen molar-refractivity contribution in [1.29, 1.82) is 0 Å². The number of halogens is 2. The first-order valence-corrected chi connectivity index (χ1v) is 6.98. The van der Waals surface area contributed by atoms with Crippen molar-refractivity contribution in [2.45, 2.75) is 19.4 Å². The number of rotatable bonds is 3. The van der Waals surface area contributed by atoms with E-state index in [1.165, 1.54) is 6.20 Å². The van der Waals surface area contributed by atoms with E-state index in [2.05, 4.69) is 19.8 Å². The van der Waals surface area contributed by atoms with Crippen LogP contribution in [0.4, 0.5) is 5.82 Å². The van der Waals surface area contributed by atoms with Crippen LogP contribution in [0, 0.1) is 0 Å². The summed E-state index contributed by atoms with van der Waals surface area (Å²) in [7, 11) is 0. The molecule has 0 saturated carbocycles. The van der Waals surface area contributed by atoms with E-state index in [4.69, 9.17) is 23.2 Å². The van der Waals surface area contributed by atoms with Gasteiger partial charge < -0.3 is 10.0 Å². The minimum Gasteiger partial charge on any atom is -0.389 e. The van der Waals surface area contributed by atoms with Crippen LogP contribution in [-0.2, 0) is 0 Å². The molecule has 1 fully saturated rings. The molecule has 0 unspecified atom stereocenters. The second-order valence-corrected chi connectivity index (χ2v) is 6.13. The van der Waals surface area contributed by atoms with E-state index in [-0.39, 0.29) is 5.28 Å². The highest BCUT2D eigenvalue weighted by Crippen LogP contribution is 2.24. The summed E-state index contributed by atoms with van der Waals surface area (Å²) >= 11 is 11.9. The van der Waals surface area contributed by atoms with Gasteiger partial charge in [-0.3, -0.25) is 4.90 Å². The molecule has 1 aromatic rings. The average Bonchev–Trinajstić information content (AvgIpc) is 2.31. The molecule has 1 aromatic heterocycles. The quantitative estimate of drug-likeness (QED) is 0.861. The Morgan fingerprint density at radius 2 is 1.89 bits per heavy atom. The summed E-state index contributed by atoms with van der Waals surface area (Å²) in [4.78, 5) is 12.3. The first-order valence-electron chi connectivity index (χ1n) is 6.23. The Kier molecular flexibility index (Phi) is 4.50. The number of anilines is 1. The summed E-state index contributed by atoms with van der Waals surface area (Å²) in [5.41, 5.74) is -0.669. The zero-order valence-corrected chi connectivity index (χ0v) is 12.6. The zero-order valence-electron chi connectivity index (χ0n) is 11.1. The van der Waals surface area contributed by atoms with Gasteiger partial charge in [0.15, 0.2) is 5.82 Å². The van der Waals surface area contributed by atoms with Gasteiger partial charge >= 0.3 is 0 Å². The Hall–Kier alpha value is -0.620. The van der Waals surface area contributed by atoms with E-state index in [1.807, 2.05) is 13.8 Å². The molecule has 0 spiro atoms. The van der Waals surface area contributed by atoms with Crippen LogP contribution in [0.15, 0.2) is 6.20 Å². The summed E-state index contributed by atoms with van der Waals surface area (Å²) in [5.74, 6) is 0.685. The topological polar surface area (TPSA) is 52.5 Å². The number of aromatic nitrogens is 2. The lowest BCUT2D eigenvalue weighted by Gasteiger charge is -2.37. The number of β-amino-alcohol motifs (C(OH)–C–C–N with tert-alkyl or cyclic N) is 1. The lowest BCUT2D eigenvalue weighted by Crippen LogP contribution is -2.50. The number of piperazine rings is 1. The predicted octanol–water partition coefficient (Wildman–Crippen LogP) is 1.68. The largest absolute Gasteiger partial charge is 0.389 e. The molecule has 5 nitrogen and oxygen atoms in total. The number of aliphatic hydroxyl groups is 1. The number of nitrogens with zero attached hydrogens (tertiary/aromatic N) is 4. The fraction of sp³-hybridized carbons (Fsp3) is 0.667. The lowest BCUT2D eigenvalue weighted by atomic mass is 10.1. The highest BCUT2D eigenvalue weighted by molar-refractivity contribution is 6.33. The number of hydrogen-bond acceptors (Lipinski definition) is 5. The van der Waals surface area contributed by atoms with Crippen LogP contribution in [0.1, 0.15) is 13.8 Å². The summed E-state index contributed by atoms with van der Waals surface area (Å²) in [6.07, 6.45) is 1.52. The Morgan fingerprint density at radius 3 is 2.47 bits per heavy atom. The highest BCUT2D eigenvalue weighted by Gasteiger charge is 2.24. The molecule has 1 N–H and O–H groups in total. The molecule has 1 aliphatic rings. The minimum atomic E-state index is -0.669. The third kappa shape index (κ3) is 4.18. The van der Waals surface area contributed by atoms with Crippen molar-refractivity contribution in [3.63, 3.8) is 0 Å². The first-order chi connectivity index (χ1) is 8.85. The molecule has 7 heteroatoms. The monoisotopic (exact) mass is 304 g/mol. The van der Waals surface area contributed by atoms with Gasteiger partial charge in [-0.2, -0.15) is 4.98 Å². The summed E-state index contributed by atoms with van der Waals surface area (Å²) in [6.45, 7) is 7.65. The molecule has 19 heavy (non-hydrogen) atoms. The third-order valence-electron chi connectivity index (χ3n) is 2.98.